The summed E-state index contributed by atoms with van der Waals surface area (Å²) in [6, 6.07) is 4.79. The molecule has 0 radical (unpaired) electrons. The first-order chi connectivity index (χ1) is 7.50. The minimum atomic E-state index is -0.412. The number of hydrogen-bond acceptors (Lipinski definition) is 4. The maximum Gasteiger partial charge on any atom is 0.338 e. The molecule has 0 fully saturated rings. The lowest BCUT2D eigenvalue weighted by atomic mass is 10.1. The van der Waals surface area contributed by atoms with Gasteiger partial charge in [0.05, 0.1) is 5.69 Å². The quantitative estimate of drug-likeness (QED) is 0.744. The van der Waals surface area contributed by atoms with Crippen LogP contribution < -0.4 is 10.5 Å². The lowest BCUT2D eigenvalue weighted by molar-refractivity contribution is 0.468. The second kappa shape index (κ2) is 3.56. The average Bonchev–Trinajstić information content (AvgIpc) is 2.23. The summed E-state index contributed by atoms with van der Waals surface area (Å²) < 4.78 is 5.12. The maximum atomic E-state index is 11.4. The van der Waals surface area contributed by atoms with Gasteiger partial charge >= 0.3 is 5.63 Å². The van der Waals surface area contributed by atoms with Gasteiger partial charge in [0.1, 0.15) is 11.3 Å². The Hall–Kier alpha value is -1.97. The Labute approximate surface area is 92.7 Å². The molecule has 4 heteroatoms. The van der Waals surface area contributed by atoms with Crippen LogP contribution in [0.4, 0.5) is 5.69 Å². The molecular formula is C12H13NO3. The molecule has 0 bridgehead atoms. The maximum absolute atomic E-state index is 11.4. The standard InChI is InChI=1S/C12H13NO3/c1-7-10(14)5-4-8-9(13(2)3)6-11(15)16-12(7)8/h4-6,14H,1-3H3. The topological polar surface area (TPSA) is 53.7 Å². The van der Waals surface area contributed by atoms with E-state index >= 15 is 0 Å². The van der Waals surface area contributed by atoms with E-state index in [-0.39, 0.29) is 5.75 Å². The van der Waals surface area contributed by atoms with Crippen molar-refractivity contribution >= 4 is 16.7 Å². The van der Waals surface area contributed by atoms with Crippen molar-refractivity contribution < 1.29 is 9.52 Å². The summed E-state index contributed by atoms with van der Waals surface area (Å²) in [5, 5.41) is 10.4. The third-order valence-electron chi connectivity index (χ3n) is 2.59. The van der Waals surface area contributed by atoms with Crippen molar-refractivity contribution in [2.75, 3.05) is 19.0 Å². The number of benzene rings is 1. The van der Waals surface area contributed by atoms with Gasteiger partial charge in [0.15, 0.2) is 0 Å². The van der Waals surface area contributed by atoms with E-state index < -0.39 is 5.63 Å². The third kappa shape index (κ3) is 1.52. The molecule has 84 valence electrons. The van der Waals surface area contributed by atoms with Gasteiger partial charge in [0.25, 0.3) is 0 Å². The molecule has 0 aliphatic heterocycles. The lowest BCUT2D eigenvalue weighted by Crippen LogP contribution is -2.12. The first-order valence-electron chi connectivity index (χ1n) is 4.94. The number of phenolic OH excluding ortho intramolecular Hbond substituents is 1. The van der Waals surface area contributed by atoms with E-state index in [1.807, 2.05) is 19.0 Å². The lowest BCUT2D eigenvalue weighted by Gasteiger charge is -2.15. The number of aryl methyl sites for hydroxylation is 1. The summed E-state index contributed by atoms with van der Waals surface area (Å²) in [4.78, 5) is 13.2. The summed E-state index contributed by atoms with van der Waals surface area (Å²) in [6.45, 7) is 1.72. The molecule has 1 heterocycles. The third-order valence-corrected chi connectivity index (χ3v) is 2.59. The Bertz CT molecular complexity index is 599. The van der Waals surface area contributed by atoms with E-state index in [4.69, 9.17) is 4.42 Å². The first-order valence-corrected chi connectivity index (χ1v) is 4.94. The largest absolute Gasteiger partial charge is 0.508 e. The minimum Gasteiger partial charge on any atom is -0.508 e. The molecule has 0 spiro atoms. The first kappa shape index (κ1) is 10.5. The predicted molar refractivity (Wildman–Crippen MR) is 63.2 cm³/mol. The van der Waals surface area contributed by atoms with Crippen LogP contribution in [0.2, 0.25) is 0 Å². The molecule has 4 nitrogen and oxygen atoms in total. The minimum absolute atomic E-state index is 0.131. The smallest absolute Gasteiger partial charge is 0.338 e. The van der Waals surface area contributed by atoms with E-state index in [0.29, 0.717) is 11.1 Å². The molecule has 0 saturated heterocycles. The predicted octanol–water partition coefficient (Wildman–Crippen LogP) is 1.87. The molecule has 0 unspecified atom stereocenters. The number of rotatable bonds is 1. The summed E-state index contributed by atoms with van der Waals surface area (Å²) in [7, 11) is 3.72. The van der Waals surface area contributed by atoms with E-state index in [1.165, 1.54) is 6.07 Å². The number of hydrogen-bond donors (Lipinski definition) is 1. The highest BCUT2D eigenvalue weighted by molar-refractivity contribution is 5.92. The van der Waals surface area contributed by atoms with E-state index in [9.17, 15) is 9.90 Å². The van der Waals surface area contributed by atoms with E-state index in [0.717, 1.165) is 11.1 Å². The van der Waals surface area contributed by atoms with Crippen LogP contribution in [0, 0.1) is 6.92 Å². The van der Waals surface area contributed by atoms with Crippen LogP contribution in [0.5, 0.6) is 5.75 Å². The molecule has 2 aromatic rings. The van der Waals surface area contributed by atoms with Crippen LogP contribution in [-0.4, -0.2) is 19.2 Å². The molecule has 0 aliphatic carbocycles. The fourth-order valence-electron chi connectivity index (χ4n) is 1.70. The number of fused-ring (bicyclic) bond motifs is 1. The Morgan fingerprint density at radius 3 is 2.62 bits per heavy atom. The fourth-order valence-corrected chi connectivity index (χ4v) is 1.70. The van der Waals surface area contributed by atoms with E-state index in [2.05, 4.69) is 0 Å². The van der Waals surface area contributed by atoms with Crippen molar-refractivity contribution in [3.05, 3.63) is 34.2 Å². The van der Waals surface area contributed by atoms with Gasteiger partial charge in [0.2, 0.25) is 0 Å². The summed E-state index contributed by atoms with van der Waals surface area (Å²) in [5.74, 6) is 0.131. The van der Waals surface area contributed by atoms with Crippen LogP contribution in [0.25, 0.3) is 11.0 Å². The highest BCUT2D eigenvalue weighted by Gasteiger charge is 2.11. The van der Waals surface area contributed by atoms with Gasteiger partial charge in [-0.25, -0.2) is 4.79 Å². The van der Waals surface area contributed by atoms with Crippen LogP contribution in [0.3, 0.4) is 0 Å². The zero-order chi connectivity index (χ0) is 11.9. The number of anilines is 1. The van der Waals surface area contributed by atoms with E-state index in [1.54, 1.807) is 19.1 Å². The van der Waals surface area contributed by atoms with Crippen LogP contribution in [0.15, 0.2) is 27.4 Å². The van der Waals surface area contributed by atoms with Gasteiger partial charge in [-0.3, -0.25) is 0 Å². The molecule has 0 amide bonds. The highest BCUT2D eigenvalue weighted by Crippen LogP contribution is 2.30. The summed E-state index contributed by atoms with van der Waals surface area (Å²) >= 11 is 0. The van der Waals surface area contributed by atoms with Crippen LogP contribution in [-0.2, 0) is 0 Å². The monoisotopic (exact) mass is 219 g/mol. The van der Waals surface area contributed by atoms with Gasteiger partial charge < -0.3 is 14.4 Å². The number of phenols is 1. The Morgan fingerprint density at radius 2 is 2.00 bits per heavy atom. The van der Waals surface area contributed by atoms with Gasteiger partial charge in [-0.2, -0.15) is 0 Å². The molecule has 1 aromatic carbocycles. The zero-order valence-electron chi connectivity index (χ0n) is 9.44. The highest BCUT2D eigenvalue weighted by atomic mass is 16.4. The van der Waals surface area contributed by atoms with Crippen molar-refractivity contribution in [2.24, 2.45) is 0 Å². The molecule has 0 atom stereocenters. The molecule has 1 aromatic heterocycles. The zero-order valence-corrected chi connectivity index (χ0v) is 9.44. The fraction of sp³-hybridized carbons (Fsp3) is 0.250. The molecule has 16 heavy (non-hydrogen) atoms. The molecular weight excluding hydrogens is 206 g/mol. The summed E-state index contributed by atoms with van der Waals surface area (Å²) in [5.41, 5.74) is 1.40. The van der Waals surface area contributed by atoms with Gasteiger partial charge in [-0.15, -0.1) is 0 Å². The number of nitrogens with zero attached hydrogens (tertiary/aromatic N) is 1. The van der Waals surface area contributed by atoms with Crippen LogP contribution >= 0.6 is 0 Å². The second-order valence-electron chi connectivity index (χ2n) is 3.93. The summed E-state index contributed by atoms with van der Waals surface area (Å²) in [6.07, 6.45) is 0. The second-order valence-corrected chi connectivity index (χ2v) is 3.93. The van der Waals surface area contributed by atoms with Crippen LogP contribution in [0.1, 0.15) is 5.56 Å². The molecule has 0 aliphatic rings. The van der Waals surface area contributed by atoms with Crippen molar-refractivity contribution in [1.29, 1.82) is 0 Å². The van der Waals surface area contributed by atoms with Crippen molar-refractivity contribution in [3.8, 4) is 5.75 Å². The Balaban J connectivity index is 2.95. The van der Waals surface area contributed by atoms with Crippen molar-refractivity contribution in [1.82, 2.24) is 0 Å². The SMILES string of the molecule is Cc1c(O)ccc2c(N(C)C)cc(=O)oc12. The number of aromatic hydroxyl groups is 1. The normalized spacial score (nSPS) is 10.7. The molecule has 2 rings (SSSR count). The molecule has 1 N–H and O–H groups in total. The van der Waals surface area contributed by atoms with Gasteiger partial charge in [-0.05, 0) is 19.1 Å². The van der Waals surface area contributed by atoms with Gasteiger partial charge in [0, 0.05) is 31.1 Å². The molecule has 0 saturated carbocycles. The van der Waals surface area contributed by atoms with Crippen molar-refractivity contribution in [3.63, 3.8) is 0 Å². The van der Waals surface area contributed by atoms with Gasteiger partial charge in [-0.1, -0.05) is 0 Å². The Kier molecular flexibility index (Phi) is 2.34. The van der Waals surface area contributed by atoms with Crippen molar-refractivity contribution in [2.45, 2.75) is 6.92 Å². The average molecular weight is 219 g/mol. The Morgan fingerprint density at radius 1 is 1.31 bits per heavy atom.